The van der Waals surface area contributed by atoms with E-state index in [4.69, 9.17) is 0 Å². The molecular weight excluding hydrogens is 188 g/mol. The lowest BCUT2D eigenvalue weighted by Crippen LogP contribution is -2.29. The number of carboxylic acids is 1. The van der Waals surface area contributed by atoms with E-state index in [9.17, 15) is 9.90 Å². The van der Waals surface area contributed by atoms with Gasteiger partial charge in [-0.25, -0.2) is 0 Å². The quantitative estimate of drug-likeness (QED) is 0.434. The summed E-state index contributed by atoms with van der Waals surface area (Å²) in [7, 11) is 0. The van der Waals surface area contributed by atoms with Crippen LogP contribution in [-0.4, -0.2) is 5.97 Å². The van der Waals surface area contributed by atoms with Crippen LogP contribution in [0.15, 0.2) is 12.2 Å². The Morgan fingerprint density at radius 1 is 1.20 bits per heavy atom. The van der Waals surface area contributed by atoms with E-state index in [0.29, 0.717) is 0 Å². The highest BCUT2D eigenvalue weighted by atomic mass is 16.4. The van der Waals surface area contributed by atoms with Gasteiger partial charge in [0, 0.05) is 5.97 Å². The van der Waals surface area contributed by atoms with Gasteiger partial charge in [-0.15, -0.1) is 0 Å². The molecule has 0 bridgehead atoms. The van der Waals surface area contributed by atoms with Gasteiger partial charge in [-0.1, -0.05) is 45.3 Å². The van der Waals surface area contributed by atoms with E-state index < -0.39 is 5.97 Å². The molecule has 0 amide bonds. The average Bonchev–Trinajstić information content (AvgIpc) is 2.21. The van der Waals surface area contributed by atoms with Crippen molar-refractivity contribution in [3.8, 4) is 0 Å². The molecule has 0 saturated heterocycles. The molecule has 0 aliphatic heterocycles. The van der Waals surface area contributed by atoms with Crippen LogP contribution >= 0.6 is 0 Å². The van der Waals surface area contributed by atoms with Crippen LogP contribution in [0.4, 0.5) is 0 Å². The van der Waals surface area contributed by atoms with Crippen molar-refractivity contribution >= 4 is 5.97 Å². The maximum atomic E-state index is 10.4. The van der Waals surface area contributed by atoms with E-state index in [1.165, 1.54) is 19.3 Å². The Balaban J connectivity index is 3.24. The third kappa shape index (κ3) is 9.51. The Bertz CT molecular complexity index is 185. The van der Waals surface area contributed by atoms with Crippen molar-refractivity contribution in [1.29, 1.82) is 0 Å². The molecule has 0 rings (SSSR count). The van der Waals surface area contributed by atoms with Crippen LogP contribution in [0.1, 0.15) is 58.8 Å². The van der Waals surface area contributed by atoms with Crippen molar-refractivity contribution < 1.29 is 9.90 Å². The molecule has 0 saturated carbocycles. The lowest BCUT2D eigenvalue weighted by Gasteiger charge is -2.10. The molecule has 0 aromatic heterocycles. The van der Waals surface area contributed by atoms with Gasteiger partial charge in [-0.05, 0) is 31.6 Å². The number of carbonyl (C=O) groups is 1. The fourth-order valence-corrected chi connectivity index (χ4v) is 1.39. The minimum absolute atomic E-state index is 0.297. The number of rotatable bonds is 9. The van der Waals surface area contributed by atoms with Gasteiger partial charge in [-0.2, -0.15) is 0 Å². The highest BCUT2D eigenvalue weighted by Gasteiger charge is 2.00. The van der Waals surface area contributed by atoms with Crippen molar-refractivity contribution in [3.05, 3.63) is 12.2 Å². The van der Waals surface area contributed by atoms with Crippen LogP contribution in [0.3, 0.4) is 0 Å². The first kappa shape index (κ1) is 14.2. The number of hydrogen-bond acceptors (Lipinski definition) is 2. The Hall–Kier alpha value is -0.790. The number of carboxylic acid groups (broad SMARTS) is 1. The second-order valence-electron chi connectivity index (χ2n) is 4.12. The normalized spacial score (nSPS) is 13.2. The van der Waals surface area contributed by atoms with Gasteiger partial charge in [0.2, 0.25) is 0 Å². The molecule has 1 atom stereocenters. The molecule has 0 aromatic carbocycles. The Kier molecular flexibility index (Phi) is 9.24. The van der Waals surface area contributed by atoms with Crippen molar-refractivity contribution in [2.45, 2.75) is 58.8 Å². The molecular formula is C13H23O2-. The summed E-state index contributed by atoms with van der Waals surface area (Å²) in [5, 5.41) is 10.4. The SMILES string of the molecule is CCCCC=CCCCCC(C)C(=O)[O-]. The van der Waals surface area contributed by atoms with Gasteiger partial charge < -0.3 is 9.90 Å². The van der Waals surface area contributed by atoms with E-state index in [1.807, 2.05) is 0 Å². The average molecular weight is 211 g/mol. The Morgan fingerprint density at radius 3 is 2.33 bits per heavy atom. The zero-order chi connectivity index (χ0) is 11.5. The maximum absolute atomic E-state index is 10.4. The van der Waals surface area contributed by atoms with Crippen LogP contribution < -0.4 is 5.11 Å². The van der Waals surface area contributed by atoms with Crippen molar-refractivity contribution in [2.75, 3.05) is 0 Å². The standard InChI is InChI=1S/C13H24O2/c1-3-4-5-6-7-8-9-10-11-12(2)13(14)15/h6-7,12H,3-5,8-11H2,1-2H3,(H,14,15)/p-1. The van der Waals surface area contributed by atoms with Crippen LogP contribution in [-0.2, 0) is 4.79 Å². The van der Waals surface area contributed by atoms with Crippen LogP contribution in [0.25, 0.3) is 0 Å². The fourth-order valence-electron chi connectivity index (χ4n) is 1.39. The molecule has 0 radical (unpaired) electrons. The summed E-state index contributed by atoms with van der Waals surface area (Å²) in [6.45, 7) is 3.90. The molecule has 15 heavy (non-hydrogen) atoms. The minimum atomic E-state index is -0.923. The molecule has 0 spiro atoms. The van der Waals surface area contributed by atoms with Gasteiger partial charge in [-0.3, -0.25) is 0 Å². The first-order chi connectivity index (χ1) is 7.18. The highest BCUT2D eigenvalue weighted by molar-refractivity contribution is 5.66. The van der Waals surface area contributed by atoms with E-state index in [0.717, 1.165) is 25.7 Å². The lowest BCUT2D eigenvalue weighted by molar-refractivity contribution is -0.311. The predicted octanol–water partition coefficient (Wildman–Crippen LogP) is 2.68. The summed E-state index contributed by atoms with van der Waals surface area (Å²) in [5.41, 5.74) is 0. The van der Waals surface area contributed by atoms with Gasteiger partial charge in [0.1, 0.15) is 0 Å². The maximum Gasteiger partial charge on any atom is 0.0442 e. The molecule has 2 heteroatoms. The number of carbonyl (C=O) groups excluding carboxylic acids is 1. The monoisotopic (exact) mass is 211 g/mol. The molecule has 1 unspecified atom stereocenters. The molecule has 0 aliphatic carbocycles. The van der Waals surface area contributed by atoms with Crippen molar-refractivity contribution in [1.82, 2.24) is 0 Å². The summed E-state index contributed by atoms with van der Waals surface area (Å²) in [5.74, 6) is -1.22. The highest BCUT2D eigenvalue weighted by Crippen LogP contribution is 2.09. The van der Waals surface area contributed by atoms with Gasteiger partial charge in [0.25, 0.3) is 0 Å². The first-order valence-corrected chi connectivity index (χ1v) is 6.04. The molecule has 0 heterocycles. The summed E-state index contributed by atoms with van der Waals surface area (Å²) in [4.78, 5) is 10.4. The Morgan fingerprint density at radius 2 is 1.80 bits per heavy atom. The summed E-state index contributed by atoms with van der Waals surface area (Å²) in [6, 6.07) is 0. The fraction of sp³-hybridized carbons (Fsp3) is 0.769. The molecule has 88 valence electrons. The smallest absolute Gasteiger partial charge is 0.0442 e. The largest absolute Gasteiger partial charge is 0.550 e. The van der Waals surface area contributed by atoms with Crippen molar-refractivity contribution in [2.24, 2.45) is 5.92 Å². The summed E-state index contributed by atoms with van der Waals surface area (Å²) >= 11 is 0. The molecule has 0 N–H and O–H groups in total. The molecule has 0 aromatic rings. The topological polar surface area (TPSA) is 40.1 Å². The zero-order valence-corrected chi connectivity index (χ0v) is 10.00. The van der Waals surface area contributed by atoms with Gasteiger partial charge in [0.05, 0.1) is 0 Å². The van der Waals surface area contributed by atoms with Gasteiger partial charge >= 0.3 is 0 Å². The molecule has 0 fully saturated rings. The van der Waals surface area contributed by atoms with Crippen LogP contribution in [0, 0.1) is 5.92 Å². The molecule has 2 nitrogen and oxygen atoms in total. The molecule has 0 aliphatic rings. The van der Waals surface area contributed by atoms with E-state index in [2.05, 4.69) is 19.1 Å². The number of unbranched alkanes of at least 4 members (excludes halogenated alkanes) is 4. The second kappa shape index (κ2) is 9.75. The van der Waals surface area contributed by atoms with Crippen LogP contribution in [0.2, 0.25) is 0 Å². The second-order valence-corrected chi connectivity index (χ2v) is 4.12. The summed E-state index contributed by atoms with van der Waals surface area (Å²) in [6.07, 6.45) is 12.0. The number of allylic oxidation sites excluding steroid dienone is 2. The first-order valence-electron chi connectivity index (χ1n) is 6.04. The van der Waals surface area contributed by atoms with E-state index >= 15 is 0 Å². The lowest BCUT2D eigenvalue weighted by atomic mass is 10.0. The number of hydrogen-bond donors (Lipinski definition) is 0. The number of aliphatic carboxylic acids is 1. The Labute approximate surface area is 93.4 Å². The van der Waals surface area contributed by atoms with Crippen molar-refractivity contribution in [3.63, 3.8) is 0 Å². The predicted molar refractivity (Wildman–Crippen MR) is 61.3 cm³/mol. The van der Waals surface area contributed by atoms with Gasteiger partial charge in [0.15, 0.2) is 0 Å². The van der Waals surface area contributed by atoms with E-state index in [-0.39, 0.29) is 5.92 Å². The zero-order valence-electron chi connectivity index (χ0n) is 10.00. The third-order valence-electron chi connectivity index (χ3n) is 2.55. The van der Waals surface area contributed by atoms with Crippen LogP contribution in [0.5, 0.6) is 0 Å². The van der Waals surface area contributed by atoms with E-state index in [1.54, 1.807) is 6.92 Å². The summed E-state index contributed by atoms with van der Waals surface area (Å²) < 4.78 is 0. The third-order valence-corrected chi connectivity index (χ3v) is 2.55. The minimum Gasteiger partial charge on any atom is -0.550 e.